The lowest BCUT2D eigenvalue weighted by Gasteiger charge is -2.28. The summed E-state index contributed by atoms with van der Waals surface area (Å²) < 4.78 is 0. The Morgan fingerprint density at radius 1 is 1.06 bits per heavy atom. The summed E-state index contributed by atoms with van der Waals surface area (Å²) in [7, 11) is 0. The predicted molar refractivity (Wildman–Crippen MR) is 134 cm³/mol. The molecule has 0 unspecified atom stereocenters. The third kappa shape index (κ3) is 7.83. The Morgan fingerprint density at radius 2 is 1.79 bits per heavy atom. The molecule has 1 fully saturated rings. The maximum Gasteiger partial charge on any atom is 0.224 e. The molecule has 2 aromatic rings. The molecule has 1 amide bonds. The Labute approximate surface area is 203 Å². The fourth-order valence-corrected chi connectivity index (χ4v) is 4.90. The van der Waals surface area contributed by atoms with E-state index in [-0.39, 0.29) is 30.3 Å². The van der Waals surface area contributed by atoms with Crippen LogP contribution in [0.2, 0.25) is 0 Å². The van der Waals surface area contributed by atoms with Crippen molar-refractivity contribution >= 4 is 5.91 Å². The number of amides is 1. The van der Waals surface area contributed by atoms with Gasteiger partial charge in [-0.15, -0.1) is 0 Å². The van der Waals surface area contributed by atoms with Gasteiger partial charge in [0.2, 0.25) is 5.91 Å². The van der Waals surface area contributed by atoms with Gasteiger partial charge >= 0.3 is 0 Å². The summed E-state index contributed by atoms with van der Waals surface area (Å²) in [5.74, 6) is 0.709. The van der Waals surface area contributed by atoms with E-state index in [2.05, 4.69) is 36.6 Å². The van der Waals surface area contributed by atoms with Crippen LogP contribution in [0.5, 0.6) is 5.75 Å². The van der Waals surface area contributed by atoms with Gasteiger partial charge in [-0.25, -0.2) is 0 Å². The molecule has 0 aromatic heterocycles. The highest BCUT2D eigenvalue weighted by Gasteiger charge is 2.21. The average molecular weight is 469 g/mol. The molecular formula is C28H40N2O4. The molecule has 0 radical (unpaired) electrons. The Kier molecular flexibility index (Phi) is 9.93. The van der Waals surface area contributed by atoms with E-state index in [9.17, 15) is 20.1 Å². The minimum atomic E-state index is -0.741. The third-order valence-corrected chi connectivity index (χ3v) is 6.96. The SMILES string of the molecule is C[C@H](Cc1cccc(CC(=O)N[C@@H](C)C2CCCCC2)c1)NC[C@H](O)c1ccc(O)c(CO)c1. The van der Waals surface area contributed by atoms with E-state index < -0.39 is 6.10 Å². The third-order valence-electron chi connectivity index (χ3n) is 6.96. The number of phenols is 1. The first kappa shape index (κ1) is 26.2. The number of aromatic hydroxyl groups is 1. The first-order valence-corrected chi connectivity index (χ1v) is 12.6. The predicted octanol–water partition coefficient (Wildman–Crippen LogP) is 3.77. The van der Waals surface area contributed by atoms with Crippen LogP contribution in [0.3, 0.4) is 0 Å². The molecule has 0 saturated heterocycles. The molecule has 186 valence electrons. The van der Waals surface area contributed by atoms with Gasteiger partial charge in [0.15, 0.2) is 0 Å². The molecule has 3 rings (SSSR count). The highest BCUT2D eigenvalue weighted by Crippen LogP contribution is 2.26. The Bertz CT molecular complexity index is 926. The number of nitrogens with one attached hydrogen (secondary N) is 2. The van der Waals surface area contributed by atoms with Gasteiger partial charge in [-0.3, -0.25) is 4.79 Å². The van der Waals surface area contributed by atoms with Crippen molar-refractivity contribution in [2.45, 2.75) is 83.6 Å². The minimum absolute atomic E-state index is 0.0248. The largest absolute Gasteiger partial charge is 0.508 e. The summed E-state index contributed by atoms with van der Waals surface area (Å²) in [5.41, 5.74) is 3.21. The topological polar surface area (TPSA) is 102 Å². The first-order chi connectivity index (χ1) is 16.4. The number of hydrogen-bond donors (Lipinski definition) is 5. The number of carbonyl (C=O) groups excluding carboxylic acids is 1. The molecule has 0 heterocycles. The van der Waals surface area contributed by atoms with Crippen LogP contribution < -0.4 is 10.6 Å². The van der Waals surface area contributed by atoms with Crippen LogP contribution in [0, 0.1) is 5.92 Å². The average Bonchev–Trinajstić information content (AvgIpc) is 2.83. The van der Waals surface area contributed by atoms with Crippen LogP contribution in [-0.2, 0) is 24.2 Å². The van der Waals surface area contributed by atoms with E-state index >= 15 is 0 Å². The molecule has 3 atom stereocenters. The molecule has 2 aromatic carbocycles. The van der Waals surface area contributed by atoms with Crippen molar-refractivity contribution in [3.63, 3.8) is 0 Å². The Hall–Kier alpha value is -2.41. The van der Waals surface area contributed by atoms with Gasteiger partial charge < -0.3 is 26.0 Å². The molecule has 1 saturated carbocycles. The Morgan fingerprint density at radius 3 is 2.53 bits per heavy atom. The molecule has 0 spiro atoms. The lowest BCUT2D eigenvalue weighted by Crippen LogP contribution is -2.39. The quantitative estimate of drug-likeness (QED) is 0.346. The highest BCUT2D eigenvalue weighted by atomic mass is 16.3. The summed E-state index contributed by atoms with van der Waals surface area (Å²) >= 11 is 0. The van der Waals surface area contributed by atoms with Crippen molar-refractivity contribution in [2.75, 3.05) is 6.54 Å². The van der Waals surface area contributed by atoms with Crippen LogP contribution in [-0.4, -0.2) is 39.9 Å². The summed E-state index contributed by atoms with van der Waals surface area (Å²) in [5, 5.41) is 36.0. The highest BCUT2D eigenvalue weighted by molar-refractivity contribution is 5.78. The van der Waals surface area contributed by atoms with Crippen molar-refractivity contribution in [3.05, 3.63) is 64.7 Å². The number of aliphatic hydroxyl groups excluding tert-OH is 2. The van der Waals surface area contributed by atoms with Gasteiger partial charge in [-0.05, 0) is 67.9 Å². The fraction of sp³-hybridized carbons (Fsp3) is 0.536. The van der Waals surface area contributed by atoms with Crippen molar-refractivity contribution in [1.29, 1.82) is 0 Å². The van der Waals surface area contributed by atoms with Gasteiger partial charge in [0.25, 0.3) is 0 Å². The maximum atomic E-state index is 12.6. The summed E-state index contributed by atoms with van der Waals surface area (Å²) in [6.07, 6.45) is 6.71. The first-order valence-electron chi connectivity index (χ1n) is 12.6. The van der Waals surface area contributed by atoms with Crippen molar-refractivity contribution in [2.24, 2.45) is 5.92 Å². The van der Waals surface area contributed by atoms with Crippen LogP contribution in [0.1, 0.15) is 74.3 Å². The lowest BCUT2D eigenvalue weighted by atomic mass is 9.84. The minimum Gasteiger partial charge on any atom is -0.508 e. The van der Waals surface area contributed by atoms with Gasteiger partial charge in [0, 0.05) is 24.2 Å². The van der Waals surface area contributed by atoms with Crippen LogP contribution in [0.15, 0.2) is 42.5 Å². The lowest BCUT2D eigenvalue weighted by molar-refractivity contribution is -0.121. The number of hydrogen-bond acceptors (Lipinski definition) is 5. The molecular weight excluding hydrogens is 428 g/mol. The molecule has 6 heteroatoms. The van der Waals surface area contributed by atoms with Crippen molar-refractivity contribution < 1.29 is 20.1 Å². The van der Waals surface area contributed by atoms with Crippen LogP contribution >= 0.6 is 0 Å². The van der Waals surface area contributed by atoms with Gasteiger partial charge in [-0.2, -0.15) is 0 Å². The second-order valence-corrected chi connectivity index (χ2v) is 9.83. The van der Waals surface area contributed by atoms with Crippen LogP contribution in [0.25, 0.3) is 0 Å². The fourth-order valence-electron chi connectivity index (χ4n) is 4.90. The smallest absolute Gasteiger partial charge is 0.224 e. The zero-order chi connectivity index (χ0) is 24.5. The normalized spacial score (nSPS) is 17.2. The summed E-state index contributed by atoms with van der Waals surface area (Å²) in [4.78, 5) is 12.6. The Balaban J connectivity index is 1.47. The summed E-state index contributed by atoms with van der Waals surface area (Å²) in [6, 6.07) is 13.3. The van der Waals surface area contributed by atoms with Crippen LogP contribution in [0.4, 0.5) is 0 Å². The molecule has 5 N–H and O–H groups in total. The van der Waals surface area contributed by atoms with E-state index in [0.717, 1.165) is 17.5 Å². The number of carbonyl (C=O) groups is 1. The molecule has 0 aliphatic heterocycles. The number of benzene rings is 2. The van der Waals surface area contributed by atoms with Gasteiger partial charge in [-0.1, -0.05) is 49.6 Å². The van der Waals surface area contributed by atoms with Crippen molar-refractivity contribution in [1.82, 2.24) is 10.6 Å². The number of rotatable bonds is 11. The van der Waals surface area contributed by atoms with Gasteiger partial charge in [0.05, 0.1) is 19.1 Å². The number of aliphatic hydroxyl groups is 2. The molecule has 1 aliphatic rings. The maximum absolute atomic E-state index is 12.6. The zero-order valence-electron chi connectivity index (χ0n) is 20.5. The van der Waals surface area contributed by atoms with Gasteiger partial charge in [0.1, 0.15) is 5.75 Å². The van der Waals surface area contributed by atoms with Crippen molar-refractivity contribution in [3.8, 4) is 5.75 Å². The second kappa shape index (κ2) is 12.9. The monoisotopic (exact) mass is 468 g/mol. The summed E-state index contributed by atoms with van der Waals surface area (Å²) in [6.45, 7) is 4.28. The van der Waals surface area contributed by atoms with E-state index in [4.69, 9.17) is 0 Å². The molecule has 1 aliphatic carbocycles. The standard InChI is InChI=1S/C28H40N2O4/c1-19(29-17-27(33)24-11-12-26(32)25(16-24)18-31)13-21-7-6-8-22(14-21)15-28(34)30-20(2)23-9-4-3-5-10-23/h6-8,11-12,14,16,19-20,23,27,29,31-33H,3-5,9-10,13,15,17-18H2,1-2H3,(H,30,34)/t19-,20+,27+/m1/s1. The van der Waals surface area contributed by atoms with E-state index in [1.807, 2.05) is 12.1 Å². The molecule has 0 bridgehead atoms. The zero-order valence-corrected chi connectivity index (χ0v) is 20.5. The van der Waals surface area contributed by atoms with E-state index in [0.29, 0.717) is 30.0 Å². The molecule has 6 nitrogen and oxygen atoms in total. The van der Waals surface area contributed by atoms with E-state index in [1.54, 1.807) is 12.1 Å². The van der Waals surface area contributed by atoms with E-state index in [1.165, 1.54) is 38.2 Å². The molecule has 34 heavy (non-hydrogen) atoms. The second-order valence-electron chi connectivity index (χ2n) is 9.83.